The molecule has 2 saturated carbocycles. The zero-order valence-corrected chi connectivity index (χ0v) is 10.1. The minimum Gasteiger partial charge on any atom is -0.339 e. The first-order valence-corrected chi connectivity index (χ1v) is 6.53. The van der Waals surface area contributed by atoms with Gasteiger partial charge in [0.05, 0.1) is 0 Å². The van der Waals surface area contributed by atoms with Crippen LogP contribution in [0.1, 0.15) is 56.2 Å². The third-order valence-electron chi connectivity index (χ3n) is 4.28. The fraction of sp³-hybridized carbons (Fsp3) is 0.833. The Balaban J connectivity index is 1.72. The molecule has 2 fully saturated rings. The standard InChI is InChI=1S/C12H20N4O/c13-7-12(5-6-12)11-15-10(17-16-11)8-1-3-9(14)4-2-8/h8-9H,1-7,13-14H2. The van der Waals surface area contributed by atoms with E-state index in [0.717, 1.165) is 50.2 Å². The molecule has 0 atom stereocenters. The molecule has 0 bridgehead atoms. The molecular formula is C12H20N4O. The molecule has 94 valence electrons. The van der Waals surface area contributed by atoms with Crippen molar-refractivity contribution in [1.29, 1.82) is 0 Å². The highest BCUT2D eigenvalue weighted by Crippen LogP contribution is 2.46. The highest BCUT2D eigenvalue weighted by atomic mass is 16.5. The summed E-state index contributed by atoms with van der Waals surface area (Å²) < 4.78 is 5.41. The Morgan fingerprint density at radius 3 is 2.53 bits per heavy atom. The van der Waals surface area contributed by atoms with Crippen molar-refractivity contribution >= 4 is 0 Å². The van der Waals surface area contributed by atoms with Crippen LogP contribution in [0.3, 0.4) is 0 Å². The molecule has 1 heterocycles. The van der Waals surface area contributed by atoms with Crippen molar-refractivity contribution in [3.8, 4) is 0 Å². The fourth-order valence-electron chi connectivity index (χ4n) is 2.65. The number of rotatable bonds is 3. The number of nitrogens with zero attached hydrogens (tertiary/aromatic N) is 2. The Hall–Kier alpha value is -0.940. The van der Waals surface area contributed by atoms with Crippen LogP contribution >= 0.6 is 0 Å². The summed E-state index contributed by atoms with van der Waals surface area (Å²) in [4.78, 5) is 4.57. The summed E-state index contributed by atoms with van der Waals surface area (Å²) in [7, 11) is 0. The van der Waals surface area contributed by atoms with Crippen LogP contribution in [0, 0.1) is 0 Å². The van der Waals surface area contributed by atoms with E-state index >= 15 is 0 Å². The van der Waals surface area contributed by atoms with Crippen LogP contribution in [0.2, 0.25) is 0 Å². The topological polar surface area (TPSA) is 91.0 Å². The molecule has 0 unspecified atom stereocenters. The predicted molar refractivity (Wildman–Crippen MR) is 63.4 cm³/mol. The largest absolute Gasteiger partial charge is 0.339 e. The molecule has 0 aromatic carbocycles. The average Bonchev–Trinajstić information content (AvgIpc) is 3.00. The molecule has 5 nitrogen and oxygen atoms in total. The molecule has 2 aliphatic rings. The van der Waals surface area contributed by atoms with Gasteiger partial charge in [0.25, 0.3) is 0 Å². The summed E-state index contributed by atoms with van der Waals surface area (Å²) in [6.07, 6.45) is 6.45. The van der Waals surface area contributed by atoms with Crippen molar-refractivity contribution in [1.82, 2.24) is 10.1 Å². The Morgan fingerprint density at radius 1 is 1.24 bits per heavy atom. The smallest absolute Gasteiger partial charge is 0.229 e. The number of hydrogen-bond acceptors (Lipinski definition) is 5. The van der Waals surface area contributed by atoms with E-state index in [1.165, 1.54) is 0 Å². The van der Waals surface area contributed by atoms with Gasteiger partial charge in [-0.3, -0.25) is 0 Å². The van der Waals surface area contributed by atoms with Gasteiger partial charge in [-0.2, -0.15) is 4.98 Å². The van der Waals surface area contributed by atoms with Crippen LogP contribution in [-0.4, -0.2) is 22.7 Å². The fourth-order valence-corrected chi connectivity index (χ4v) is 2.65. The van der Waals surface area contributed by atoms with E-state index in [0.29, 0.717) is 18.5 Å². The monoisotopic (exact) mass is 236 g/mol. The van der Waals surface area contributed by atoms with Crippen LogP contribution in [0.5, 0.6) is 0 Å². The zero-order valence-electron chi connectivity index (χ0n) is 10.1. The van der Waals surface area contributed by atoms with Gasteiger partial charge >= 0.3 is 0 Å². The maximum Gasteiger partial charge on any atom is 0.229 e. The van der Waals surface area contributed by atoms with Gasteiger partial charge in [-0.25, -0.2) is 0 Å². The maximum absolute atomic E-state index is 5.90. The lowest BCUT2D eigenvalue weighted by Gasteiger charge is -2.23. The summed E-state index contributed by atoms with van der Waals surface area (Å²) in [6, 6.07) is 0.354. The Bertz CT molecular complexity index is 391. The summed E-state index contributed by atoms with van der Waals surface area (Å²) in [6.45, 7) is 0.627. The van der Waals surface area contributed by atoms with Gasteiger partial charge in [0, 0.05) is 23.9 Å². The molecule has 4 N–H and O–H groups in total. The van der Waals surface area contributed by atoms with E-state index in [9.17, 15) is 0 Å². The first-order valence-electron chi connectivity index (χ1n) is 6.53. The maximum atomic E-state index is 5.90. The van der Waals surface area contributed by atoms with Crippen LogP contribution in [-0.2, 0) is 5.41 Å². The molecule has 0 aliphatic heterocycles. The van der Waals surface area contributed by atoms with Gasteiger partial charge in [-0.1, -0.05) is 5.16 Å². The van der Waals surface area contributed by atoms with Crippen molar-refractivity contribution in [2.75, 3.05) is 6.54 Å². The van der Waals surface area contributed by atoms with Crippen molar-refractivity contribution in [2.45, 2.75) is 55.9 Å². The lowest BCUT2D eigenvalue weighted by molar-refractivity contribution is 0.299. The zero-order chi connectivity index (χ0) is 11.9. The van der Waals surface area contributed by atoms with E-state index in [1.807, 2.05) is 0 Å². The minimum atomic E-state index is 0.0345. The quantitative estimate of drug-likeness (QED) is 0.818. The number of hydrogen-bond donors (Lipinski definition) is 2. The van der Waals surface area contributed by atoms with Crippen molar-refractivity contribution in [3.05, 3.63) is 11.7 Å². The average molecular weight is 236 g/mol. The van der Waals surface area contributed by atoms with Gasteiger partial charge in [-0.05, 0) is 38.5 Å². The van der Waals surface area contributed by atoms with E-state index < -0.39 is 0 Å². The summed E-state index contributed by atoms with van der Waals surface area (Å²) in [5, 5.41) is 4.12. The molecule has 1 aromatic rings. The molecule has 1 aromatic heterocycles. The lowest BCUT2D eigenvalue weighted by Crippen LogP contribution is -2.26. The van der Waals surface area contributed by atoms with Crippen molar-refractivity contribution in [3.63, 3.8) is 0 Å². The second-order valence-electron chi connectivity index (χ2n) is 5.55. The van der Waals surface area contributed by atoms with Crippen molar-refractivity contribution < 1.29 is 4.52 Å². The van der Waals surface area contributed by atoms with Crippen molar-refractivity contribution in [2.24, 2.45) is 11.5 Å². The number of aromatic nitrogens is 2. The van der Waals surface area contributed by atoms with Gasteiger partial charge in [0.2, 0.25) is 5.89 Å². The Kier molecular flexibility index (Phi) is 2.67. The highest BCUT2D eigenvalue weighted by molar-refractivity contribution is 5.18. The minimum absolute atomic E-state index is 0.0345. The highest BCUT2D eigenvalue weighted by Gasteiger charge is 2.47. The van der Waals surface area contributed by atoms with Gasteiger partial charge in [-0.15, -0.1) is 0 Å². The summed E-state index contributed by atoms with van der Waals surface area (Å²) in [5.74, 6) is 2.03. The number of nitrogens with two attached hydrogens (primary N) is 2. The predicted octanol–water partition coefficient (Wildman–Crippen LogP) is 1.04. The third-order valence-corrected chi connectivity index (χ3v) is 4.28. The Morgan fingerprint density at radius 2 is 1.94 bits per heavy atom. The molecule has 2 aliphatic carbocycles. The molecule has 5 heteroatoms. The molecule has 3 rings (SSSR count). The van der Waals surface area contributed by atoms with E-state index in [1.54, 1.807) is 0 Å². The lowest BCUT2D eigenvalue weighted by atomic mass is 9.86. The van der Waals surface area contributed by atoms with Gasteiger partial charge in [0.15, 0.2) is 5.82 Å². The molecule has 0 saturated heterocycles. The normalized spacial score (nSPS) is 31.4. The summed E-state index contributed by atoms with van der Waals surface area (Å²) in [5.41, 5.74) is 11.7. The summed E-state index contributed by atoms with van der Waals surface area (Å²) >= 11 is 0. The molecule has 0 radical (unpaired) electrons. The van der Waals surface area contributed by atoms with Crippen LogP contribution in [0.4, 0.5) is 0 Å². The molecule has 0 spiro atoms. The third kappa shape index (κ3) is 1.98. The molecule has 17 heavy (non-hydrogen) atoms. The van der Waals surface area contributed by atoms with Crippen LogP contribution in [0.15, 0.2) is 4.52 Å². The van der Waals surface area contributed by atoms with E-state index in [-0.39, 0.29) is 5.41 Å². The van der Waals surface area contributed by atoms with Crippen LogP contribution < -0.4 is 11.5 Å². The van der Waals surface area contributed by atoms with E-state index in [4.69, 9.17) is 16.0 Å². The van der Waals surface area contributed by atoms with Gasteiger partial charge in [0.1, 0.15) is 0 Å². The first-order chi connectivity index (χ1) is 8.23. The first kappa shape index (κ1) is 11.2. The molecular weight excluding hydrogens is 216 g/mol. The van der Waals surface area contributed by atoms with E-state index in [2.05, 4.69) is 10.1 Å². The second kappa shape index (κ2) is 4.07. The second-order valence-corrected chi connectivity index (χ2v) is 5.55. The van der Waals surface area contributed by atoms with Gasteiger partial charge < -0.3 is 16.0 Å². The SMILES string of the molecule is NCC1(c2noc(C3CCC(N)CC3)n2)CC1. The molecule has 0 amide bonds. The Labute approximate surface area is 101 Å². The van der Waals surface area contributed by atoms with Crippen LogP contribution in [0.25, 0.3) is 0 Å².